The van der Waals surface area contributed by atoms with E-state index in [0.29, 0.717) is 5.56 Å². The Hall–Kier alpha value is -3.31. The monoisotopic (exact) mass is 447 g/mol. The summed E-state index contributed by atoms with van der Waals surface area (Å²) in [6.45, 7) is 1.52. The molecule has 0 amide bonds. The second kappa shape index (κ2) is 8.32. The number of fused-ring (bicyclic) bond motifs is 1. The van der Waals surface area contributed by atoms with Crippen LogP contribution in [0.3, 0.4) is 0 Å². The number of aliphatic hydroxyl groups is 3. The average Bonchev–Trinajstić information content (AvgIpc) is 2.76. The predicted molar refractivity (Wildman–Crippen MR) is 111 cm³/mol. The molecule has 5 atom stereocenters. The number of aliphatic hydroxyl groups excluding tert-OH is 3. The topological polar surface area (TPSA) is 160 Å². The Morgan fingerprint density at radius 1 is 0.875 bits per heavy atom. The number of aromatic hydroxyl groups is 3. The van der Waals surface area contributed by atoms with Crippen LogP contribution in [0, 0.1) is 0 Å². The maximum atomic E-state index is 10.3. The first-order valence-electron chi connectivity index (χ1n) is 9.76. The summed E-state index contributed by atoms with van der Waals surface area (Å²) >= 11 is 0. The molecule has 2 heterocycles. The number of phenols is 3. The molecule has 10 heteroatoms. The van der Waals surface area contributed by atoms with Crippen molar-refractivity contribution in [2.45, 2.75) is 37.6 Å². The van der Waals surface area contributed by atoms with Gasteiger partial charge in [-0.25, -0.2) is 4.42 Å². The van der Waals surface area contributed by atoms with Crippen molar-refractivity contribution in [3.63, 3.8) is 0 Å². The van der Waals surface area contributed by atoms with Crippen LogP contribution >= 0.6 is 0 Å². The highest BCUT2D eigenvalue weighted by Crippen LogP contribution is 2.42. The number of rotatable bonds is 4. The Morgan fingerprint density at radius 3 is 2.34 bits per heavy atom. The summed E-state index contributed by atoms with van der Waals surface area (Å²) in [6.07, 6.45) is -6.60. The molecule has 170 valence electrons. The standard InChI is InChI=1S/C22H22O10/c1-9-18(26)19(27)20(28)22(30-9)32-17-8-12-14(25)6-11(23)7-15(12)31-21(17)10-3-4-13(24)16(5-10)29-2/h3-9,18-20,22,26-28H,1-2H3,(H2-,23,24,25)/p+1. The van der Waals surface area contributed by atoms with Crippen LogP contribution in [0.1, 0.15) is 6.92 Å². The summed E-state index contributed by atoms with van der Waals surface area (Å²) < 4.78 is 22.4. The number of phenolic OH excluding ortho intramolecular Hbond substituents is 3. The first kappa shape index (κ1) is 21.9. The molecule has 3 aromatic rings. The van der Waals surface area contributed by atoms with E-state index in [4.69, 9.17) is 18.6 Å². The number of benzene rings is 2. The van der Waals surface area contributed by atoms with E-state index in [1.54, 1.807) is 0 Å². The Bertz CT molecular complexity index is 1150. The van der Waals surface area contributed by atoms with Crippen LogP contribution in [0.2, 0.25) is 0 Å². The summed E-state index contributed by atoms with van der Waals surface area (Å²) in [5.74, 6) is -0.331. The molecular formula is C22H23O10+. The molecule has 0 bridgehead atoms. The zero-order valence-corrected chi connectivity index (χ0v) is 17.2. The lowest BCUT2D eigenvalue weighted by Gasteiger charge is -2.38. The second-order valence-electron chi connectivity index (χ2n) is 7.50. The van der Waals surface area contributed by atoms with E-state index < -0.39 is 30.7 Å². The first-order valence-corrected chi connectivity index (χ1v) is 9.76. The maximum absolute atomic E-state index is 10.3. The molecule has 0 radical (unpaired) electrons. The minimum Gasteiger partial charge on any atom is -0.507 e. The number of hydrogen-bond donors (Lipinski definition) is 6. The molecule has 1 fully saturated rings. The van der Waals surface area contributed by atoms with Gasteiger partial charge in [0.05, 0.1) is 24.8 Å². The Kier molecular flexibility index (Phi) is 5.70. The third-order valence-corrected chi connectivity index (χ3v) is 5.31. The highest BCUT2D eigenvalue weighted by Gasteiger charge is 2.44. The number of hydrogen-bond acceptors (Lipinski definition) is 9. The van der Waals surface area contributed by atoms with Gasteiger partial charge >= 0.3 is 11.3 Å². The highest BCUT2D eigenvalue weighted by molar-refractivity contribution is 5.88. The van der Waals surface area contributed by atoms with Crippen molar-refractivity contribution in [2.75, 3.05) is 7.11 Å². The summed E-state index contributed by atoms with van der Waals surface area (Å²) in [5, 5.41) is 60.6. The molecule has 0 saturated carbocycles. The molecule has 10 nitrogen and oxygen atoms in total. The van der Waals surface area contributed by atoms with Crippen molar-refractivity contribution >= 4 is 11.0 Å². The van der Waals surface area contributed by atoms with Crippen LogP contribution in [0.15, 0.2) is 40.8 Å². The minimum atomic E-state index is -1.58. The van der Waals surface area contributed by atoms with Gasteiger partial charge in [0.15, 0.2) is 11.5 Å². The van der Waals surface area contributed by atoms with Crippen molar-refractivity contribution < 1.29 is 49.3 Å². The Balaban J connectivity index is 1.85. The van der Waals surface area contributed by atoms with E-state index >= 15 is 0 Å². The molecule has 0 spiro atoms. The molecule has 5 unspecified atom stereocenters. The van der Waals surface area contributed by atoms with E-state index in [2.05, 4.69) is 0 Å². The predicted octanol–water partition coefficient (Wildman–Crippen LogP) is 1.71. The van der Waals surface area contributed by atoms with Gasteiger partial charge in [0.1, 0.15) is 35.2 Å². The van der Waals surface area contributed by atoms with Gasteiger partial charge in [-0.3, -0.25) is 0 Å². The Labute approximate surface area is 182 Å². The summed E-state index contributed by atoms with van der Waals surface area (Å²) in [7, 11) is 1.38. The smallest absolute Gasteiger partial charge is 0.402 e. The summed E-state index contributed by atoms with van der Waals surface area (Å²) in [4.78, 5) is 0. The van der Waals surface area contributed by atoms with Gasteiger partial charge in [0.25, 0.3) is 0 Å². The zero-order chi connectivity index (χ0) is 23.2. The van der Waals surface area contributed by atoms with E-state index in [9.17, 15) is 30.6 Å². The van der Waals surface area contributed by atoms with E-state index in [-0.39, 0.29) is 45.5 Å². The maximum Gasteiger partial charge on any atom is 0.402 e. The van der Waals surface area contributed by atoms with Crippen LogP contribution in [0.5, 0.6) is 28.7 Å². The second-order valence-corrected chi connectivity index (χ2v) is 7.50. The van der Waals surface area contributed by atoms with E-state index in [0.717, 1.165) is 6.07 Å². The summed E-state index contributed by atoms with van der Waals surface area (Å²) in [6, 6.07) is 8.23. The van der Waals surface area contributed by atoms with Gasteiger partial charge in [-0.05, 0) is 19.1 Å². The normalized spacial score (nSPS) is 25.6. The van der Waals surface area contributed by atoms with E-state index in [1.807, 2.05) is 0 Å². The lowest BCUT2D eigenvalue weighted by atomic mass is 10.00. The van der Waals surface area contributed by atoms with Crippen molar-refractivity contribution in [3.8, 4) is 40.1 Å². The van der Waals surface area contributed by atoms with Crippen LogP contribution in [-0.4, -0.2) is 68.5 Å². The SMILES string of the molecule is COc1cc(-c2[o+]c3cc(O)cc(O)c3cc2OC2OC(C)C(O)C(O)C2O)ccc1O. The van der Waals surface area contributed by atoms with Crippen LogP contribution < -0.4 is 9.47 Å². The van der Waals surface area contributed by atoms with Crippen LogP contribution in [0.4, 0.5) is 0 Å². The van der Waals surface area contributed by atoms with Crippen LogP contribution in [-0.2, 0) is 4.74 Å². The average molecular weight is 447 g/mol. The molecule has 6 N–H and O–H groups in total. The number of methoxy groups -OCH3 is 1. The minimum absolute atomic E-state index is 0.0195. The van der Waals surface area contributed by atoms with Crippen LogP contribution in [0.25, 0.3) is 22.3 Å². The molecule has 2 aromatic carbocycles. The molecule has 1 aliphatic rings. The fourth-order valence-electron chi connectivity index (χ4n) is 3.53. The molecule has 1 aromatic heterocycles. The third-order valence-electron chi connectivity index (χ3n) is 5.31. The van der Waals surface area contributed by atoms with Gasteiger partial charge in [0, 0.05) is 18.2 Å². The van der Waals surface area contributed by atoms with Crippen molar-refractivity contribution in [1.29, 1.82) is 0 Å². The molecule has 0 aliphatic carbocycles. The first-order chi connectivity index (χ1) is 15.2. The van der Waals surface area contributed by atoms with Crippen molar-refractivity contribution in [3.05, 3.63) is 36.4 Å². The van der Waals surface area contributed by atoms with Crippen molar-refractivity contribution in [1.82, 2.24) is 0 Å². The number of ether oxygens (including phenoxy) is 3. The highest BCUT2D eigenvalue weighted by atomic mass is 16.7. The van der Waals surface area contributed by atoms with Gasteiger partial charge < -0.3 is 44.8 Å². The van der Waals surface area contributed by atoms with Gasteiger partial charge in [-0.15, -0.1) is 0 Å². The van der Waals surface area contributed by atoms with Gasteiger partial charge in [-0.1, -0.05) is 0 Å². The lowest BCUT2D eigenvalue weighted by Crippen LogP contribution is -2.58. The summed E-state index contributed by atoms with van der Waals surface area (Å²) in [5.41, 5.74) is 0.532. The lowest BCUT2D eigenvalue weighted by molar-refractivity contribution is -0.268. The Morgan fingerprint density at radius 2 is 1.62 bits per heavy atom. The van der Waals surface area contributed by atoms with E-state index in [1.165, 1.54) is 44.4 Å². The zero-order valence-electron chi connectivity index (χ0n) is 17.2. The fourth-order valence-corrected chi connectivity index (χ4v) is 3.53. The van der Waals surface area contributed by atoms with Crippen molar-refractivity contribution in [2.24, 2.45) is 0 Å². The molecular weight excluding hydrogens is 424 g/mol. The molecule has 32 heavy (non-hydrogen) atoms. The van der Waals surface area contributed by atoms with Gasteiger partial charge in [-0.2, -0.15) is 0 Å². The molecule has 1 aliphatic heterocycles. The van der Waals surface area contributed by atoms with Gasteiger partial charge in [0.2, 0.25) is 12.0 Å². The molecule has 1 saturated heterocycles. The molecule has 4 rings (SSSR count). The third kappa shape index (κ3) is 3.84. The largest absolute Gasteiger partial charge is 0.507 e. The fraction of sp³-hybridized carbons (Fsp3) is 0.318. The quantitative estimate of drug-likeness (QED) is 0.325.